The van der Waals surface area contributed by atoms with Gasteiger partial charge in [0.25, 0.3) is 0 Å². The minimum Gasteiger partial charge on any atom is -0.303 e. The summed E-state index contributed by atoms with van der Waals surface area (Å²) in [6.07, 6.45) is 8.74. The van der Waals surface area contributed by atoms with E-state index in [2.05, 4.69) is 4.90 Å². The smallest absolute Gasteiger partial charge is 0.212 e. The van der Waals surface area contributed by atoms with Crippen LogP contribution in [0.2, 0.25) is 0 Å². The largest absolute Gasteiger partial charge is 0.303 e. The number of likely N-dealkylation sites (tertiary alicyclic amines) is 1. The number of hydrogen-bond donors (Lipinski definition) is 0. The zero-order chi connectivity index (χ0) is 14.0. The molecular formula is C17H23NOS. The predicted molar refractivity (Wildman–Crippen MR) is 87.8 cm³/mol. The van der Waals surface area contributed by atoms with E-state index < -0.39 is 0 Å². The molecule has 1 aliphatic rings. The molecule has 0 saturated carbocycles. The van der Waals surface area contributed by atoms with Crippen LogP contribution < -0.4 is 0 Å². The van der Waals surface area contributed by atoms with E-state index in [4.69, 9.17) is 0 Å². The molecular weight excluding hydrogens is 266 g/mol. The predicted octanol–water partition coefficient (Wildman–Crippen LogP) is 3.84. The molecule has 1 fully saturated rings. The molecule has 2 nitrogen and oxygen atoms in total. The lowest BCUT2D eigenvalue weighted by molar-refractivity contribution is -0.106. The summed E-state index contributed by atoms with van der Waals surface area (Å²) >= 11 is 1.43. The fourth-order valence-electron chi connectivity index (χ4n) is 2.42. The quantitative estimate of drug-likeness (QED) is 0.586. The van der Waals surface area contributed by atoms with Gasteiger partial charge in [-0.3, -0.25) is 4.79 Å². The highest BCUT2D eigenvalue weighted by Gasteiger charge is 2.09. The first kappa shape index (κ1) is 15.3. The van der Waals surface area contributed by atoms with Crippen LogP contribution in [0.1, 0.15) is 31.2 Å². The molecule has 0 radical (unpaired) electrons. The Morgan fingerprint density at radius 1 is 1.15 bits per heavy atom. The third kappa shape index (κ3) is 5.93. The van der Waals surface area contributed by atoms with Gasteiger partial charge in [0, 0.05) is 5.75 Å². The number of rotatable bonds is 6. The maximum Gasteiger partial charge on any atom is 0.212 e. The van der Waals surface area contributed by atoms with Crippen LogP contribution in [0.4, 0.5) is 0 Å². The zero-order valence-electron chi connectivity index (χ0n) is 12.0. The van der Waals surface area contributed by atoms with E-state index in [1.807, 2.05) is 36.4 Å². The number of thioether (sulfide) groups is 1. The summed E-state index contributed by atoms with van der Waals surface area (Å²) in [5.74, 6) is 0.925. The van der Waals surface area contributed by atoms with Crippen molar-refractivity contribution in [2.75, 3.05) is 25.4 Å². The second-order valence-corrected chi connectivity index (χ2v) is 6.27. The number of carbonyl (C=O) groups excluding carboxylic acids is 1. The van der Waals surface area contributed by atoms with Crippen LogP contribution in [0.3, 0.4) is 0 Å². The van der Waals surface area contributed by atoms with Crippen LogP contribution in [-0.4, -0.2) is 35.4 Å². The molecule has 2 rings (SSSR count). The van der Waals surface area contributed by atoms with E-state index in [9.17, 15) is 4.79 Å². The Kier molecular flexibility index (Phi) is 6.89. The highest BCUT2D eigenvalue weighted by atomic mass is 32.2. The first-order valence-electron chi connectivity index (χ1n) is 7.47. The molecule has 1 aromatic carbocycles. The normalized spacial score (nSPS) is 16.6. The lowest BCUT2D eigenvalue weighted by Gasteiger charge is -2.26. The molecule has 0 amide bonds. The summed E-state index contributed by atoms with van der Waals surface area (Å²) < 4.78 is 0. The Hall–Kier alpha value is -1.06. The topological polar surface area (TPSA) is 20.3 Å². The summed E-state index contributed by atoms with van der Waals surface area (Å²) in [4.78, 5) is 14.3. The Morgan fingerprint density at radius 2 is 1.90 bits per heavy atom. The minimum atomic E-state index is 0.160. The van der Waals surface area contributed by atoms with Crippen molar-refractivity contribution < 1.29 is 4.79 Å². The second-order valence-electron chi connectivity index (χ2n) is 5.17. The van der Waals surface area contributed by atoms with E-state index in [-0.39, 0.29) is 5.12 Å². The molecule has 0 bridgehead atoms. The SMILES string of the molecule is O=C(/C=C/c1ccccc1)SCCCN1CCCCC1. The van der Waals surface area contributed by atoms with Gasteiger partial charge in [-0.25, -0.2) is 0 Å². The van der Waals surface area contributed by atoms with Gasteiger partial charge in [0.2, 0.25) is 5.12 Å². The number of piperidine rings is 1. The molecule has 0 atom stereocenters. The van der Waals surface area contributed by atoms with Gasteiger partial charge in [-0.2, -0.15) is 0 Å². The fourth-order valence-corrected chi connectivity index (χ4v) is 3.06. The van der Waals surface area contributed by atoms with Gasteiger partial charge in [0.05, 0.1) is 0 Å². The molecule has 0 unspecified atom stereocenters. The third-order valence-corrected chi connectivity index (χ3v) is 4.44. The lowest BCUT2D eigenvalue weighted by atomic mass is 10.1. The number of hydrogen-bond acceptors (Lipinski definition) is 3. The van der Waals surface area contributed by atoms with Gasteiger partial charge in [0.15, 0.2) is 0 Å². The Morgan fingerprint density at radius 3 is 2.65 bits per heavy atom. The summed E-state index contributed by atoms with van der Waals surface area (Å²) in [5, 5.41) is 0.160. The molecule has 20 heavy (non-hydrogen) atoms. The molecule has 1 aromatic rings. The van der Waals surface area contributed by atoms with Crippen molar-refractivity contribution in [2.24, 2.45) is 0 Å². The molecule has 1 heterocycles. The molecule has 1 aliphatic heterocycles. The highest BCUT2D eigenvalue weighted by Crippen LogP contribution is 2.12. The average Bonchev–Trinajstić information content (AvgIpc) is 2.52. The van der Waals surface area contributed by atoms with Crippen molar-refractivity contribution in [1.29, 1.82) is 0 Å². The molecule has 0 spiro atoms. The fraction of sp³-hybridized carbons (Fsp3) is 0.471. The van der Waals surface area contributed by atoms with E-state index >= 15 is 0 Å². The zero-order valence-corrected chi connectivity index (χ0v) is 12.8. The van der Waals surface area contributed by atoms with E-state index in [1.165, 1.54) is 44.1 Å². The molecule has 1 saturated heterocycles. The summed E-state index contributed by atoms with van der Waals surface area (Å²) in [6.45, 7) is 3.63. The maximum absolute atomic E-state index is 11.7. The molecule has 0 N–H and O–H groups in total. The third-order valence-electron chi connectivity index (χ3n) is 3.52. The Bertz CT molecular complexity index is 424. The van der Waals surface area contributed by atoms with Crippen LogP contribution >= 0.6 is 11.8 Å². The van der Waals surface area contributed by atoms with Gasteiger partial charge in [-0.1, -0.05) is 54.6 Å². The molecule has 3 heteroatoms. The number of benzene rings is 1. The van der Waals surface area contributed by atoms with Crippen LogP contribution in [-0.2, 0) is 4.79 Å². The van der Waals surface area contributed by atoms with Crippen LogP contribution in [0.15, 0.2) is 36.4 Å². The maximum atomic E-state index is 11.7. The number of nitrogens with zero attached hydrogens (tertiary/aromatic N) is 1. The van der Waals surface area contributed by atoms with E-state index in [0.29, 0.717) is 0 Å². The lowest BCUT2D eigenvalue weighted by Crippen LogP contribution is -2.30. The van der Waals surface area contributed by atoms with Crippen molar-refractivity contribution in [3.05, 3.63) is 42.0 Å². The van der Waals surface area contributed by atoms with Crippen molar-refractivity contribution in [3.8, 4) is 0 Å². The molecule has 0 aromatic heterocycles. The summed E-state index contributed by atoms with van der Waals surface area (Å²) in [6, 6.07) is 9.95. The molecule has 108 valence electrons. The van der Waals surface area contributed by atoms with Gasteiger partial charge in [-0.15, -0.1) is 0 Å². The van der Waals surface area contributed by atoms with E-state index in [1.54, 1.807) is 6.08 Å². The first-order valence-corrected chi connectivity index (χ1v) is 8.45. The highest BCUT2D eigenvalue weighted by molar-refractivity contribution is 8.14. The average molecular weight is 289 g/mol. The van der Waals surface area contributed by atoms with Crippen molar-refractivity contribution >= 4 is 23.0 Å². The van der Waals surface area contributed by atoms with Gasteiger partial charge >= 0.3 is 0 Å². The van der Waals surface area contributed by atoms with Crippen LogP contribution in [0, 0.1) is 0 Å². The van der Waals surface area contributed by atoms with Crippen LogP contribution in [0.5, 0.6) is 0 Å². The minimum absolute atomic E-state index is 0.160. The van der Waals surface area contributed by atoms with Gasteiger partial charge in [0.1, 0.15) is 0 Å². The van der Waals surface area contributed by atoms with Gasteiger partial charge in [-0.05, 0) is 50.5 Å². The monoisotopic (exact) mass is 289 g/mol. The van der Waals surface area contributed by atoms with Crippen molar-refractivity contribution in [2.45, 2.75) is 25.7 Å². The number of carbonyl (C=O) groups is 1. The van der Waals surface area contributed by atoms with Crippen molar-refractivity contribution in [3.63, 3.8) is 0 Å². The second kappa shape index (κ2) is 8.98. The Labute approximate surface area is 126 Å². The van der Waals surface area contributed by atoms with Crippen molar-refractivity contribution in [1.82, 2.24) is 4.90 Å². The summed E-state index contributed by atoms with van der Waals surface area (Å²) in [7, 11) is 0. The van der Waals surface area contributed by atoms with Gasteiger partial charge < -0.3 is 4.90 Å². The first-order chi connectivity index (χ1) is 9.84. The standard InChI is InChI=1S/C17H23NOS/c19-17(11-10-16-8-3-1-4-9-16)20-15-7-14-18-12-5-2-6-13-18/h1,3-4,8-11H,2,5-7,12-15H2/b11-10+. The Balaban J connectivity index is 1.59. The summed E-state index contributed by atoms with van der Waals surface area (Å²) in [5.41, 5.74) is 1.08. The van der Waals surface area contributed by atoms with Crippen LogP contribution in [0.25, 0.3) is 6.08 Å². The molecule has 0 aliphatic carbocycles. The van der Waals surface area contributed by atoms with E-state index in [0.717, 1.165) is 24.3 Å².